The molecule has 156 valence electrons. The van der Waals surface area contributed by atoms with Crippen molar-refractivity contribution in [2.24, 2.45) is 0 Å². The van der Waals surface area contributed by atoms with Crippen molar-refractivity contribution in [1.82, 2.24) is 9.88 Å². The van der Waals surface area contributed by atoms with E-state index in [1.165, 1.54) is 47.7 Å². The van der Waals surface area contributed by atoms with Crippen LogP contribution < -0.4 is 0 Å². The Balaban J connectivity index is 1.39. The number of H-pyrrole nitrogens is 1. The first-order valence-corrected chi connectivity index (χ1v) is 11.7. The lowest BCUT2D eigenvalue weighted by Crippen LogP contribution is -2.45. The lowest BCUT2D eigenvalue weighted by Gasteiger charge is -2.45. The molecule has 1 spiro atoms. The zero-order valence-corrected chi connectivity index (χ0v) is 18.0. The summed E-state index contributed by atoms with van der Waals surface area (Å²) in [6.45, 7) is 5.35. The minimum Gasteiger partial charge on any atom is -0.375 e. The van der Waals surface area contributed by atoms with Gasteiger partial charge in [0.05, 0.1) is 5.60 Å². The van der Waals surface area contributed by atoms with Gasteiger partial charge in [0.2, 0.25) is 0 Å². The lowest BCUT2D eigenvalue weighted by atomic mass is 9.81. The number of aryl methyl sites for hydroxylation is 1. The number of aromatic amines is 1. The fraction of sp³-hybridized carbons (Fsp3) is 0.481. The van der Waals surface area contributed by atoms with Crippen molar-refractivity contribution in [3.63, 3.8) is 0 Å². The Morgan fingerprint density at radius 2 is 2.00 bits per heavy atom. The number of aromatic nitrogens is 1. The summed E-state index contributed by atoms with van der Waals surface area (Å²) in [7, 11) is 0. The number of piperidine rings is 1. The van der Waals surface area contributed by atoms with Crippen molar-refractivity contribution in [1.29, 1.82) is 0 Å². The largest absolute Gasteiger partial charge is 0.375 e. The molecule has 0 bridgehead atoms. The van der Waals surface area contributed by atoms with E-state index in [9.17, 15) is 0 Å². The summed E-state index contributed by atoms with van der Waals surface area (Å²) in [5.74, 6) is 0.766. The maximum absolute atomic E-state index is 6.35. The van der Waals surface area contributed by atoms with E-state index in [1.54, 1.807) is 11.1 Å². The molecular weight excluding hydrogens is 368 g/mol. The Morgan fingerprint density at radius 3 is 2.77 bits per heavy atom. The van der Waals surface area contributed by atoms with Crippen LogP contribution in [0.3, 0.4) is 0 Å². The highest BCUT2D eigenvalue weighted by molar-refractivity contribution is 5.87. The SMILES string of the molecule is Cc1cc(C2CC2)c(CN2CCC3(CCCO3)C[C@H]2c2ccccc2)c2cc[nH]c12. The van der Waals surface area contributed by atoms with Gasteiger partial charge in [0.25, 0.3) is 0 Å². The van der Waals surface area contributed by atoms with E-state index >= 15 is 0 Å². The van der Waals surface area contributed by atoms with Crippen LogP contribution in [-0.2, 0) is 11.3 Å². The highest BCUT2D eigenvalue weighted by atomic mass is 16.5. The summed E-state index contributed by atoms with van der Waals surface area (Å²) in [4.78, 5) is 6.24. The number of fused-ring (bicyclic) bond motifs is 1. The zero-order chi connectivity index (χ0) is 20.1. The second kappa shape index (κ2) is 7.25. The van der Waals surface area contributed by atoms with E-state index in [0.29, 0.717) is 6.04 Å². The van der Waals surface area contributed by atoms with E-state index < -0.39 is 0 Å². The van der Waals surface area contributed by atoms with Gasteiger partial charge in [0.1, 0.15) is 0 Å². The summed E-state index contributed by atoms with van der Waals surface area (Å²) < 4.78 is 6.35. The van der Waals surface area contributed by atoms with Gasteiger partial charge in [0, 0.05) is 42.8 Å². The van der Waals surface area contributed by atoms with Crippen molar-refractivity contribution in [2.45, 2.75) is 69.6 Å². The number of hydrogen-bond acceptors (Lipinski definition) is 2. The second-order valence-electron chi connectivity index (χ2n) is 9.79. The summed E-state index contributed by atoms with van der Waals surface area (Å²) >= 11 is 0. The molecule has 1 aromatic heterocycles. The normalized spacial score (nSPS) is 27.3. The molecule has 2 atom stereocenters. The number of nitrogens with zero attached hydrogens (tertiary/aromatic N) is 1. The standard InChI is InChI=1S/C27H32N2O/c1-19-16-23(20-8-9-20)24(22-10-13-28-26(19)22)18-29-14-12-27(11-5-15-30-27)17-25(29)21-6-3-2-4-7-21/h2-4,6-7,10,13,16,20,25,28H,5,8-9,11-12,14-15,17-18H2,1H3/t25-,27?/m0/s1. The molecule has 3 nitrogen and oxygen atoms in total. The molecule has 0 radical (unpaired) electrons. The molecule has 1 unspecified atom stereocenters. The first kappa shape index (κ1) is 18.7. The van der Waals surface area contributed by atoms with Crippen LogP contribution in [0.2, 0.25) is 0 Å². The minimum atomic E-state index is 0.104. The van der Waals surface area contributed by atoms with Crippen LogP contribution in [0.1, 0.15) is 72.7 Å². The second-order valence-corrected chi connectivity index (χ2v) is 9.79. The van der Waals surface area contributed by atoms with Crippen LogP contribution >= 0.6 is 0 Å². The third-order valence-corrected chi connectivity index (χ3v) is 7.80. The Bertz CT molecular complexity index is 1040. The molecule has 3 fully saturated rings. The molecular formula is C27H32N2O. The van der Waals surface area contributed by atoms with E-state index in [-0.39, 0.29) is 5.60 Å². The van der Waals surface area contributed by atoms with Gasteiger partial charge >= 0.3 is 0 Å². The van der Waals surface area contributed by atoms with Gasteiger partial charge in [-0.05, 0) is 79.7 Å². The Labute approximate surface area is 179 Å². The van der Waals surface area contributed by atoms with Crippen LogP contribution in [-0.4, -0.2) is 28.6 Å². The summed E-state index contributed by atoms with van der Waals surface area (Å²) in [5, 5.41) is 1.43. The summed E-state index contributed by atoms with van der Waals surface area (Å²) in [5.41, 5.74) is 7.41. The Morgan fingerprint density at radius 1 is 1.13 bits per heavy atom. The maximum atomic E-state index is 6.35. The quantitative estimate of drug-likeness (QED) is 0.561. The molecule has 30 heavy (non-hydrogen) atoms. The average molecular weight is 401 g/mol. The molecule has 1 saturated carbocycles. The van der Waals surface area contributed by atoms with Crippen LogP contribution in [0.5, 0.6) is 0 Å². The molecule has 2 aromatic carbocycles. The van der Waals surface area contributed by atoms with Gasteiger partial charge in [-0.2, -0.15) is 0 Å². The first-order valence-electron chi connectivity index (χ1n) is 11.7. The van der Waals surface area contributed by atoms with E-state index in [4.69, 9.17) is 4.74 Å². The van der Waals surface area contributed by atoms with E-state index in [0.717, 1.165) is 38.5 Å². The Hall–Kier alpha value is -2.10. The first-order chi connectivity index (χ1) is 14.7. The molecule has 6 rings (SSSR count). The summed E-state index contributed by atoms with van der Waals surface area (Å²) in [6.07, 6.45) is 9.54. The minimum absolute atomic E-state index is 0.104. The van der Waals surface area contributed by atoms with Crippen LogP contribution in [0, 0.1) is 6.92 Å². The van der Waals surface area contributed by atoms with E-state index in [1.807, 2.05) is 0 Å². The highest BCUT2D eigenvalue weighted by Crippen LogP contribution is 2.47. The summed E-state index contributed by atoms with van der Waals surface area (Å²) in [6, 6.07) is 16.3. The van der Waals surface area contributed by atoms with Crippen LogP contribution in [0.15, 0.2) is 48.7 Å². The molecule has 3 aliphatic rings. The van der Waals surface area contributed by atoms with Crippen molar-refractivity contribution in [3.05, 3.63) is 70.9 Å². The molecule has 0 amide bonds. The Kier molecular flexibility index (Phi) is 4.51. The van der Waals surface area contributed by atoms with E-state index in [2.05, 4.69) is 65.5 Å². The van der Waals surface area contributed by atoms with Gasteiger partial charge in [-0.15, -0.1) is 0 Å². The molecule has 2 saturated heterocycles. The average Bonchev–Trinajstić information content (AvgIpc) is 3.31. The fourth-order valence-corrected chi connectivity index (χ4v) is 6.03. The molecule has 3 heterocycles. The van der Waals surface area contributed by atoms with Crippen LogP contribution in [0.4, 0.5) is 0 Å². The zero-order valence-electron chi connectivity index (χ0n) is 18.0. The fourth-order valence-electron chi connectivity index (χ4n) is 6.03. The predicted octanol–water partition coefficient (Wildman–Crippen LogP) is 6.24. The van der Waals surface area contributed by atoms with Crippen molar-refractivity contribution >= 4 is 10.9 Å². The number of ether oxygens (including phenoxy) is 1. The van der Waals surface area contributed by atoms with Gasteiger partial charge in [0.15, 0.2) is 0 Å². The number of benzene rings is 2. The highest BCUT2D eigenvalue weighted by Gasteiger charge is 2.43. The number of rotatable bonds is 4. The third kappa shape index (κ3) is 3.19. The van der Waals surface area contributed by atoms with Gasteiger partial charge in [-0.1, -0.05) is 36.4 Å². The molecule has 1 aliphatic carbocycles. The van der Waals surface area contributed by atoms with Crippen molar-refractivity contribution < 1.29 is 4.74 Å². The maximum Gasteiger partial charge on any atom is 0.0713 e. The smallest absolute Gasteiger partial charge is 0.0713 e. The monoisotopic (exact) mass is 400 g/mol. The van der Waals surface area contributed by atoms with Crippen molar-refractivity contribution in [3.8, 4) is 0 Å². The molecule has 2 aliphatic heterocycles. The lowest BCUT2D eigenvalue weighted by molar-refractivity contribution is -0.0675. The molecule has 3 aromatic rings. The molecule has 1 N–H and O–H groups in total. The van der Waals surface area contributed by atoms with Crippen molar-refractivity contribution in [2.75, 3.05) is 13.2 Å². The number of likely N-dealkylation sites (tertiary alicyclic amines) is 1. The molecule has 3 heteroatoms. The number of nitrogens with one attached hydrogen (secondary N) is 1. The van der Waals surface area contributed by atoms with Crippen LogP contribution in [0.25, 0.3) is 10.9 Å². The van der Waals surface area contributed by atoms with Gasteiger partial charge in [-0.3, -0.25) is 4.90 Å². The number of hydrogen-bond donors (Lipinski definition) is 1. The topological polar surface area (TPSA) is 28.3 Å². The van der Waals surface area contributed by atoms with Gasteiger partial charge < -0.3 is 9.72 Å². The third-order valence-electron chi connectivity index (χ3n) is 7.80. The predicted molar refractivity (Wildman–Crippen MR) is 122 cm³/mol. The van der Waals surface area contributed by atoms with Gasteiger partial charge in [-0.25, -0.2) is 0 Å².